The van der Waals surface area contributed by atoms with Crippen LogP contribution in [0.15, 0.2) is 30.4 Å². The fraction of sp³-hybridized carbons (Fsp3) is 0.500. The van der Waals surface area contributed by atoms with Crippen LogP contribution in [0.2, 0.25) is 0 Å². The van der Waals surface area contributed by atoms with Crippen molar-refractivity contribution in [2.24, 2.45) is 5.92 Å². The molecule has 0 saturated heterocycles. The fourth-order valence-corrected chi connectivity index (χ4v) is 3.79. The molecule has 2 rings (SSSR count). The standard InChI is InChI=1S/C20H26INO5/c1-14(7-4-6-12-23)20(26)16-13-15(21)9-10-17(16)22(19(20)25)11-5-3-8-18(24)27-2/h4,7,9-10,13-14,23,26H,3,5-6,8,11-12H2,1-2H3/b7-4+/t14-,20+/m0/s1. The zero-order valence-electron chi connectivity index (χ0n) is 15.7. The van der Waals surface area contributed by atoms with Crippen molar-refractivity contribution < 1.29 is 24.5 Å². The number of hydrogen-bond acceptors (Lipinski definition) is 5. The minimum atomic E-state index is -1.63. The number of hydrogen-bond donors (Lipinski definition) is 2. The van der Waals surface area contributed by atoms with Gasteiger partial charge in [-0.05, 0) is 60.1 Å². The second kappa shape index (κ2) is 9.66. The first-order chi connectivity index (χ1) is 12.9. The first kappa shape index (κ1) is 21.8. The van der Waals surface area contributed by atoms with E-state index in [9.17, 15) is 14.7 Å². The van der Waals surface area contributed by atoms with Gasteiger partial charge in [-0.25, -0.2) is 0 Å². The van der Waals surface area contributed by atoms with Crippen LogP contribution in [-0.4, -0.2) is 42.4 Å². The summed E-state index contributed by atoms with van der Waals surface area (Å²) < 4.78 is 5.58. The van der Waals surface area contributed by atoms with Crippen LogP contribution in [0.5, 0.6) is 0 Å². The maximum absolute atomic E-state index is 13.2. The topological polar surface area (TPSA) is 87.1 Å². The molecule has 6 nitrogen and oxygen atoms in total. The van der Waals surface area contributed by atoms with Gasteiger partial charge in [-0.3, -0.25) is 9.59 Å². The highest BCUT2D eigenvalue weighted by atomic mass is 127. The smallest absolute Gasteiger partial charge is 0.305 e. The quantitative estimate of drug-likeness (QED) is 0.242. The molecule has 1 aliphatic heterocycles. The largest absolute Gasteiger partial charge is 0.469 e. The average Bonchev–Trinajstić information content (AvgIpc) is 2.87. The number of aliphatic hydroxyl groups excluding tert-OH is 1. The molecule has 0 unspecified atom stereocenters. The van der Waals surface area contributed by atoms with Crippen molar-refractivity contribution in [3.05, 3.63) is 39.5 Å². The first-order valence-corrected chi connectivity index (χ1v) is 10.1. The highest BCUT2D eigenvalue weighted by Gasteiger charge is 2.52. The van der Waals surface area contributed by atoms with E-state index < -0.39 is 11.5 Å². The van der Waals surface area contributed by atoms with Gasteiger partial charge in [0.1, 0.15) is 0 Å². The van der Waals surface area contributed by atoms with Gasteiger partial charge in [0, 0.05) is 34.6 Å². The Balaban J connectivity index is 2.24. The Morgan fingerprint density at radius 3 is 2.81 bits per heavy atom. The molecule has 1 heterocycles. The Hall–Kier alpha value is -1.45. The van der Waals surface area contributed by atoms with E-state index in [1.807, 2.05) is 18.2 Å². The summed E-state index contributed by atoms with van der Waals surface area (Å²) >= 11 is 2.16. The van der Waals surface area contributed by atoms with E-state index in [2.05, 4.69) is 27.3 Å². The maximum Gasteiger partial charge on any atom is 0.305 e. The first-order valence-electron chi connectivity index (χ1n) is 9.05. The minimum Gasteiger partial charge on any atom is -0.469 e. The molecule has 1 amide bonds. The maximum atomic E-state index is 13.2. The van der Waals surface area contributed by atoms with E-state index in [1.54, 1.807) is 24.0 Å². The third kappa shape index (κ3) is 4.70. The van der Waals surface area contributed by atoms with E-state index in [-0.39, 0.29) is 18.5 Å². The molecule has 1 aliphatic rings. The number of aliphatic hydroxyl groups is 2. The molecule has 2 N–H and O–H groups in total. The number of esters is 1. The van der Waals surface area contributed by atoms with Crippen LogP contribution in [-0.2, 0) is 19.9 Å². The zero-order chi connectivity index (χ0) is 20.0. The number of rotatable bonds is 9. The molecule has 0 aromatic heterocycles. The normalized spacial score (nSPS) is 20.2. The van der Waals surface area contributed by atoms with E-state index in [4.69, 9.17) is 5.11 Å². The SMILES string of the molecule is COC(=O)CCCCN1C(=O)[C@@](O)([C@@H](C)/C=C/CCO)c2cc(I)ccc21. The molecule has 2 atom stereocenters. The fourth-order valence-electron chi connectivity index (χ4n) is 3.30. The second-order valence-corrected chi connectivity index (χ2v) is 7.89. The lowest BCUT2D eigenvalue weighted by Crippen LogP contribution is -2.44. The van der Waals surface area contributed by atoms with Gasteiger partial charge in [0.15, 0.2) is 5.60 Å². The predicted molar refractivity (Wildman–Crippen MR) is 111 cm³/mol. The second-order valence-electron chi connectivity index (χ2n) is 6.65. The minimum absolute atomic E-state index is 0.0242. The zero-order valence-corrected chi connectivity index (χ0v) is 17.8. The number of ether oxygens (including phenoxy) is 1. The monoisotopic (exact) mass is 487 g/mol. The van der Waals surface area contributed by atoms with Crippen LogP contribution in [0.4, 0.5) is 5.69 Å². The van der Waals surface area contributed by atoms with E-state index >= 15 is 0 Å². The molecule has 1 aromatic carbocycles. The van der Waals surface area contributed by atoms with Crippen molar-refractivity contribution in [2.75, 3.05) is 25.2 Å². The summed E-state index contributed by atoms with van der Waals surface area (Å²) in [7, 11) is 1.36. The molecule has 7 heteroatoms. The molecule has 0 saturated carbocycles. The van der Waals surface area contributed by atoms with Crippen molar-refractivity contribution in [2.45, 2.75) is 38.2 Å². The van der Waals surface area contributed by atoms with Crippen molar-refractivity contribution in [1.82, 2.24) is 0 Å². The van der Waals surface area contributed by atoms with Gasteiger partial charge in [-0.2, -0.15) is 0 Å². The molecular weight excluding hydrogens is 461 g/mol. The summed E-state index contributed by atoms with van der Waals surface area (Å²) in [6, 6.07) is 5.61. The van der Waals surface area contributed by atoms with Gasteiger partial charge in [-0.15, -0.1) is 0 Å². The molecular formula is C20H26INO5. The highest BCUT2D eigenvalue weighted by molar-refractivity contribution is 14.1. The summed E-state index contributed by atoms with van der Waals surface area (Å²) in [5.74, 6) is -1.05. The number of benzene rings is 1. The molecule has 1 aromatic rings. The molecule has 0 bridgehead atoms. The lowest BCUT2D eigenvalue weighted by atomic mass is 9.83. The Bertz CT molecular complexity index is 720. The summed E-state index contributed by atoms with van der Waals surface area (Å²) in [5.41, 5.74) is -0.318. The van der Waals surface area contributed by atoms with Crippen LogP contribution in [0.25, 0.3) is 0 Å². The molecule has 0 aliphatic carbocycles. The van der Waals surface area contributed by atoms with Crippen LogP contribution >= 0.6 is 22.6 Å². The van der Waals surface area contributed by atoms with Gasteiger partial charge in [-0.1, -0.05) is 19.1 Å². The van der Waals surface area contributed by atoms with Crippen molar-refractivity contribution in [3.8, 4) is 0 Å². The van der Waals surface area contributed by atoms with Crippen LogP contribution in [0, 0.1) is 9.49 Å². The molecule has 0 fully saturated rings. The summed E-state index contributed by atoms with van der Waals surface area (Å²) in [6.07, 6.45) is 5.59. The van der Waals surface area contributed by atoms with Gasteiger partial charge in [0.25, 0.3) is 5.91 Å². The number of anilines is 1. The van der Waals surface area contributed by atoms with Crippen molar-refractivity contribution in [1.29, 1.82) is 0 Å². The number of carbonyl (C=O) groups is 2. The number of unbranched alkanes of at least 4 members (excludes halogenated alkanes) is 1. The Morgan fingerprint density at radius 1 is 1.41 bits per heavy atom. The Morgan fingerprint density at radius 2 is 2.15 bits per heavy atom. The summed E-state index contributed by atoms with van der Waals surface area (Å²) in [6.45, 7) is 2.26. The average molecular weight is 487 g/mol. The third-order valence-corrected chi connectivity index (χ3v) is 5.52. The number of fused-ring (bicyclic) bond motifs is 1. The third-order valence-electron chi connectivity index (χ3n) is 4.85. The summed E-state index contributed by atoms with van der Waals surface area (Å²) in [5, 5.41) is 20.3. The molecule has 0 radical (unpaired) electrons. The number of halogens is 1. The number of methoxy groups -OCH3 is 1. The number of nitrogens with zero attached hydrogens (tertiary/aromatic N) is 1. The van der Waals surface area contributed by atoms with Gasteiger partial charge in [0.05, 0.1) is 12.8 Å². The number of amides is 1. The predicted octanol–water partition coefficient (Wildman–Crippen LogP) is 2.74. The summed E-state index contributed by atoms with van der Waals surface area (Å²) in [4.78, 5) is 26.0. The Labute approximate surface area is 173 Å². The van der Waals surface area contributed by atoms with Gasteiger partial charge < -0.3 is 19.8 Å². The van der Waals surface area contributed by atoms with E-state index in [1.165, 1.54) is 7.11 Å². The molecule has 148 valence electrons. The van der Waals surface area contributed by atoms with Gasteiger partial charge >= 0.3 is 5.97 Å². The van der Waals surface area contributed by atoms with Crippen molar-refractivity contribution >= 4 is 40.2 Å². The van der Waals surface area contributed by atoms with Crippen LogP contribution in [0.3, 0.4) is 0 Å². The van der Waals surface area contributed by atoms with Crippen molar-refractivity contribution in [3.63, 3.8) is 0 Å². The van der Waals surface area contributed by atoms with Crippen LogP contribution < -0.4 is 4.90 Å². The van der Waals surface area contributed by atoms with E-state index in [0.717, 1.165) is 3.57 Å². The lowest BCUT2D eigenvalue weighted by Gasteiger charge is -2.27. The van der Waals surface area contributed by atoms with Gasteiger partial charge in [0.2, 0.25) is 0 Å². The van der Waals surface area contributed by atoms with E-state index in [0.29, 0.717) is 43.5 Å². The van der Waals surface area contributed by atoms with Crippen LogP contribution in [0.1, 0.15) is 38.2 Å². The highest BCUT2D eigenvalue weighted by Crippen LogP contribution is 2.45. The number of carbonyl (C=O) groups excluding carboxylic acids is 2. The molecule has 0 spiro atoms. The molecule has 27 heavy (non-hydrogen) atoms. The Kier molecular flexibility index (Phi) is 7.81. The lowest BCUT2D eigenvalue weighted by molar-refractivity contribution is -0.140.